The lowest BCUT2D eigenvalue weighted by Crippen LogP contribution is -2.29. The van der Waals surface area contributed by atoms with E-state index in [1.165, 1.54) is 0 Å². The van der Waals surface area contributed by atoms with Crippen molar-refractivity contribution in [3.63, 3.8) is 0 Å². The number of esters is 1. The van der Waals surface area contributed by atoms with Crippen molar-refractivity contribution in [3.05, 3.63) is 23.7 Å². The van der Waals surface area contributed by atoms with Crippen LogP contribution in [-0.4, -0.2) is 12.6 Å². The van der Waals surface area contributed by atoms with Crippen LogP contribution in [0.4, 0.5) is 0 Å². The molecule has 0 saturated carbocycles. The third kappa shape index (κ3) is 0.965. The third-order valence-corrected chi connectivity index (χ3v) is 3.01. The predicted octanol–water partition coefficient (Wildman–Crippen LogP) is 1.97. The zero-order valence-corrected chi connectivity index (χ0v) is 9.25. The summed E-state index contributed by atoms with van der Waals surface area (Å²) in [5.41, 5.74) is 0.300. The molecule has 2 aliphatic heterocycles. The molecule has 4 heteroatoms. The second kappa shape index (κ2) is 2.70. The van der Waals surface area contributed by atoms with E-state index in [4.69, 9.17) is 13.9 Å². The number of hydrogen-bond acceptors (Lipinski definition) is 4. The van der Waals surface area contributed by atoms with Gasteiger partial charge >= 0.3 is 5.97 Å². The summed E-state index contributed by atoms with van der Waals surface area (Å²) in [6.45, 7) is 7.88. The summed E-state index contributed by atoms with van der Waals surface area (Å²) in [6.07, 6.45) is 0.538. The molecule has 0 radical (unpaired) electrons. The largest absolute Gasteiger partial charge is 0.482 e. The number of rotatable bonds is 3. The van der Waals surface area contributed by atoms with E-state index in [2.05, 4.69) is 6.58 Å². The number of carbonyl (C=O) groups is 1. The van der Waals surface area contributed by atoms with Gasteiger partial charge in [-0.1, -0.05) is 6.58 Å². The van der Waals surface area contributed by atoms with Crippen LogP contribution in [0.2, 0.25) is 0 Å². The van der Waals surface area contributed by atoms with Gasteiger partial charge in [-0.3, -0.25) is 4.79 Å². The summed E-state index contributed by atoms with van der Waals surface area (Å²) in [5.74, 6) is 2.11. The molecule has 16 heavy (non-hydrogen) atoms. The molecule has 1 aromatic heterocycles. The monoisotopic (exact) mass is 220 g/mol. The van der Waals surface area contributed by atoms with Gasteiger partial charge in [-0.05, 0) is 19.4 Å². The first-order chi connectivity index (χ1) is 7.52. The third-order valence-electron chi connectivity index (χ3n) is 3.01. The van der Waals surface area contributed by atoms with Gasteiger partial charge in [0.15, 0.2) is 11.5 Å². The van der Waals surface area contributed by atoms with Gasteiger partial charge in [0.1, 0.15) is 12.0 Å². The van der Waals surface area contributed by atoms with Crippen LogP contribution < -0.4 is 9.47 Å². The highest BCUT2D eigenvalue weighted by Gasteiger charge is 2.57. The maximum Gasteiger partial charge on any atom is 0.325 e. The average Bonchev–Trinajstić information content (AvgIpc) is 2.73. The maximum atomic E-state index is 11.7. The van der Waals surface area contributed by atoms with Crippen molar-refractivity contribution >= 4 is 5.97 Å². The van der Waals surface area contributed by atoms with E-state index >= 15 is 0 Å². The van der Waals surface area contributed by atoms with E-state index in [0.717, 1.165) is 5.57 Å². The Hall–Kier alpha value is -1.71. The molecule has 0 fully saturated rings. The van der Waals surface area contributed by atoms with Gasteiger partial charge in [-0.15, -0.1) is 0 Å². The molecule has 84 valence electrons. The lowest BCUT2D eigenvalue weighted by atomic mass is 9.84. The lowest BCUT2D eigenvalue weighted by Gasteiger charge is -2.11. The van der Waals surface area contributed by atoms with Crippen LogP contribution in [0.3, 0.4) is 0 Å². The molecule has 0 amide bonds. The molecule has 0 N–H and O–H groups in total. The molecule has 3 rings (SSSR count). The highest BCUT2D eigenvalue weighted by molar-refractivity contribution is 5.92. The first kappa shape index (κ1) is 9.51. The predicted molar refractivity (Wildman–Crippen MR) is 55.7 cm³/mol. The molecule has 0 saturated heterocycles. The topological polar surface area (TPSA) is 48.7 Å². The van der Waals surface area contributed by atoms with Gasteiger partial charge < -0.3 is 13.9 Å². The number of ether oxygens (including phenoxy) is 2. The van der Waals surface area contributed by atoms with E-state index in [1.54, 1.807) is 0 Å². The first-order valence-corrected chi connectivity index (χ1v) is 5.18. The van der Waals surface area contributed by atoms with Crippen molar-refractivity contribution in [2.75, 3.05) is 6.61 Å². The molecular weight excluding hydrogens is 208 g/mol. The fourth-order valence-electron chi connectivity index (χ4n) is 2.13. The average molecular weight is 220 g/mol. The number of hydrogen-bond donors (Lipinski definition) is 0. The molecule has 1 unspecified atom stereocenters. The summed E-state index contributed by atoms with van der Waals surface area (Å²) in [7, 11) is 0. The van der Waals surface area contributed by atoms with E-state index < -0.39 is 5.41 Å². The molecule has 2 aliphatic rings. The normalized spacial score (nSPS) is 24.8. The molecule has 0 spiro atoms. The maximum absolute atomic E-state index is 11.7. The van der Waals surface area contributed by atoms with Crippen molar-refractivity contribution in [1.29, 1.82) is 0 Å². The van der Waals surface area contributed by atoms with Gasteiger partial charge in [0.05, 0.1) is 0 Å². The Morgan fingerprint density at radius 1 is 1.62 bits per heavy atom. The van der Waals surface area contributed by atoms with Gasteiger partial charge in [0.25, 0.3) is 0 Å². The lowest BCUT2D eigenvalue weighted by molar-refractivity contribution is -0.137. The SMILES string of the molecule is C=C(C)COc1c2oc3c1OC(=O)C3(C)C2. The van der Waals surface area contributed by atoms with E-state index in [0.29, 0.717) is 36.0 Å². The Kier molecular flexibility index (Phi) is 1.60. The molecule has 3 heterocycles. The minimum atomic E-state index is -0.610. The zero-order valence-electron chi connectivity index (χ0n) is 9.25. The minimum absolute atomic E-state index is 0.249. The minimum Gasteiger partial charge on any atom is -0.482 e. The van der Waals surface area contributed by atoms with Crippen molar-refractivity contribution < 1.29 is 18.7 Å². The number of carbonyl (C=O) groups excluding carboxylic acids is 1. The zero-order chi connectivity index (χ0) is 11.5. The summed E-state index contributed by atoms with van der Waals surface area (Å²) < 4.78 is 16.3. The summed E-state index contributed by atoms with van der Waals surface area (Å²) in [4.78, 5) is 11.7. The second-order valence-electron chi connectivity index (χ2n) is 4.66. The molecule has 1 atom stereocenters. The quantitative estimate of drug-likeness (QED) is 0.577. The van der Waals surface area contributed by atoms with Crippen LogP contribution in [0.1, 0.15) is 25.4 Å². The first-order valence-electron chi connectivity index (χ1n) is 5.18. The van der Waals surface area contributed by atoms with E-state index in [1.807, 2.05) is 13.8 Å². The standard InChI is InChI=1S/C12H12O4/c1-6(2)5-14-8-7-4-12(3)10(15-7)9(8)16-11(12)13/h1,4-5H2,2-3H3. The Balaban J connectivity index is 1.98. The van der Waals surface area contributed by atoms with Crippen LogP contribution in [-0.2, 0) is 16.6 Å². The Labute approximate surface area is 92.8 Å². The van der Waals surface area contributed by atoms with Crippen molar-refractivity contribution in [3.8, 4) is 11.5 Å². The molecule has 2 bridgehead atoms. The van der Waals surface area contributed by atoms with Crippen LogP contribution in [0.5, 0.6) is 11.5 Å². The summed E-state index contributed by atoms with van der Waals surface area (Å²) >= 11 is 0. The van der Waals surface area contributed by atoms with Gasteiger partial charge in [-0.25, -0.2) is 0 Å². The van der Waals surface area contributed by atoms with Gasteiger partial charge in [0.2, 0.25) is 11.5 Å². The smallest absolute Gasteiger partial charge is 0.325 e. The summed E-state index contributed by atoms with van der Waals surface area (Å²) in [5, 5.41) is 0. The second-order valence-corrected chi connectivity index (χ2v) is 4.66. The Morgan fingerprint density at radius 2 is 2.38 bits per heavy atom. The van der Waals surface area contributed by atoms with Crippen LogP contribution in [0.25, 0.3) is 0 Å². The number of fused-ring (bicyclic) bond motifs is 1. The van der Waals surface area contributed by atoms with Crippen molar-refractivity contribution in [1.82, 2.24) is 0 Å². The van der Waals surface area contributed by atoms with Gasteiger partial charge in [-0.2, -0.15) is 0 Å². The van der Waals surface area contributed by atoms with Crippen LogP contribution in [0, 0.1) is 0 Å². The highest BCUT2D eigenvalue weighted by atomic mass is 16.6. The van der Waals surface area contributed by atoms with Crippen LogP contribution >= 0.6 is 0 Å². The van der Waals surface area contributed by atoms with Gasteiger partial charge in [0, 0.05) is 6.42 Å². The van der Waals surface area contributed by atoms with Crippen LogP contribution in [0.15, 0.2) is 16.6 Å². The van der Waals surface area contributed by atoms with E-state index in [9.17, 15) is 4.79 Å². The fourth-order valence-corrected chi connectivity index (χ4v) is 2.13. The van der Waals surface area contributed by atoms with Crippen molar-refractivity contribution in [2.45, 2.75) is 25.7 Å². The Bertz CT molecular complexity index is 511. The molecular formula is C12H12O4. The highest BCUT2D eigenvalue weighted by Crippen LogP contribution is 2.56. The number of furan rings is 1. The molecule has 0 aromatic carbocycles. The summed E-state index contributed by atoms with van der Waals surface area (Å²) in [6, 6.07) is 0. The fraction of sp³-hybridized carbons (Fsp3) is 0.417. The molecule has 0 aliphatic carbocycles. The Morgan fingerprint density at radius 3 is 3.06 bits per heavy atom. The van der Waals surface area contributed by atoms with E-state index in [-0.39, 0.29) is 5.97 Å². The molecule has 1 aromatic rings. The van der Waals surface area contributed by atoms with Crippen molar-refractivity contribution in [2.24, 2.45) is 0 Å². The molecule has 4 nitrogen and oxygen atoms in total.